The summed E-state index contributed by atoms with van der Waals surface area (Å²) in [4.78, 5) is 9.16. The SMILES string of the molecule is CC1CC1COc1cccc(O)c1-c1ccnc(C2CCCNC2N)n1.Cl.Cl. The molecule has 4 unspecified atom stereocenters. The molecule has 2 aliphatic rings. The smallest absolute Gasteiger partial charge is 0.134 e. The molecule has 1 aliphatic carbocycles. The Morgan fingerprint density at radius 3 is 2.79 bits per heavy atom. The second-order valence-corrected chi connectivity index (χ2v) is 7.46. The zero-order valence-electron chi connectivity index (χ0n) is 15.9. The van der Waals surface area contributed by atoms with Gasteiger partial charge in [0.1, 0.15) is 17.3 Å². The molecule has 2 fully saturated rings. The third-order valence-electron chi connectivity index (χ3n) is 5.50. The second-order valence-electron chi connectivity index (χ2n) is 7.46. The number of halogens is 2. The van der Waals surface area contributed by atoms with E-state index in [9.17, 15) is 5.11 Å². The fraction of sp³-hybridized carbons (Fsp3) is 0.500. The maximum Gasteiger partial charge on any atom is 0.134 e. The molecule has 1 saturated heterocycles. The van der Waals surface area contributed by atoms with Crippen LogP contribution in [0.15, 0.2) is 30.5 Å². The van der Waals surface area contributed by atoms with Crippen LogP contribution in [0.25, 0.3) is 11.3 Å². The van der Waals surface area contributed by atoms with E-state index in [1.165, 1.54) is 6.42 Å². The van der Waals surface area contributed by atoms with Gasteiger partial charge >= 0.3 is 0 Å². The minimum Gasteiger partial charge on any atom is -0.507 e. The van der Waals surface area contributed by atoms with Crippen molar-refractivity contribution < 1.29 is 9.84 Å². The van der Waals surface area contributed by atoms with Crippen LogP contribution in [0.4, 0.5) is 0 Å². The summed E-state index contributed by atoms with van der Waals surface area (Å²) < 4.78 is 6.02. The molecule has 2 heterocycles. The van der Waals surface area contributed by atoms with Crippen LogP contribution in [0.3, 0.4) is 0 Å². The molecule has 154 valence electrons. The molecule has 28 heavy (non-hydrogen) atoms. The average Bonchev–Trinajstić information content (AvgIpc) is 3.36. The van der Waals surface area contributed by atoms with Crippen LogP contribution in [-0.2, 0) is 0 Å². The van der Waals surface area contributed by atoms with Gasteiger partial charge in [-0.2, -0.15) is 0 Å². The normalized spacial score (nSPS) is 25.9. The summed E-state index contributed by atoms with van der Waals surface area (Å²) in [6.07, 6.45) is 4.81. The lowest BCUT2D eigenvalue weighted by Crippen LogP contribution is -2.46. The van der Waals surface area contributed by atoms with Gasteiger partial charge in [0, 0.05) is 12.1 Å². The first-order chi connectivity index (χ1) is 12.6. The standard InChI is InChI=1S/C20H26N4O2.2ClH/c1-12-10-13(12)11-26-17-6-2-5-16(25)18(17)15-7-9-23-20(24-15)14-4-3-8-22-19(14)21;;/h2,5-7,9,12-14,19,22,25H,3-4,8,10-11,21H2,1H3;2*1H. The van der Waals surface area contributed by atoms with Gasteiger partial charge in [0.25, 0.3) is 0 Å². The van der Waals surface area contributed by atoms with Gasteiger partial charge in [0.15, 0.2) is 0 Å². The van der Waals surface area contributed by atoms with Crippen molar-refractivity contribution in [1.29, 1.82) is 0 Å². The number of nitrogens with two attached hydrogens (primary N) is 1. The maximum absolute atomic E-state index is 10.5. The van der Waals surface area contributed by atoms with E-state index in [0.717, 1.165) is 25.3 Å². The summed E-state index contributed by atoms with van der Waals surface area (Å²) in [6.45, 7) is 3.83. The van der Waals surface area contributed by atoms with Crippen molar-refractivity contribution in [3.05, 3.63) is 36.3 Å². The summed E-state index contributed by atoms with van der Waals surface area (Å²) in [5.74, 6) is 2.96. The van der Waals surface area contributed by atoms with Gasteiger partial charge in [-0.15, -0.1) is 24.8 Å². The van der Waals surface area contributed by atoms with E-state index in [2.05, 4.69) is 17.2 Å². The molecule has 0 spiro atoms. The molecular formula is C20H28Cl2N4O2. The van der Waals surface area contributed by atoms with Gasteiger partial charge < -0.3 is 20.9 Å². The third-order valence-corrected chi connectivity index (χ3v) is 5.50. The Balaban J connectivity index is 0.00000140. The number of phenols is 1. The quantitative estimate of drug-likeness (QED) is 0.677. The largest absolute Gasteiger partial charge is 0.507 e. The van der Waals surface area contributed by atoms with Crippen molar-refractivity contribution in [3.63, 3.8) is 0 Å². The van der Waals surface area contributed by atoms with Gasteiger partial charge in [0.2, 0.25) is 0 Å². The number of rotatable bonds is 5. The van der Waals surface area contributed by atoms with Crippen LogP contribution in [-0.4, -0.2) is 34.4 Å². The topological polar surface area (TPSA) is 93.3 Å². The van der Waals surface area contributed by atoms with Crippen molar-refractivity contribution in [2.45, 2.75) is 38.3 Å². The van der Waals surface area contributed by atoms with Gasteiger partial charge in [-0.25, -0.2) is 9.97 Å². The van der Waals surface area contributed by atoms with E-state index in [1.54, 1.807) is 18.3 Å². The van der Waals surface area contributed by atoms with Gasteiger partial charge in [-0.3, -0.25) is 0 Å². The van der Waals surface area contributed by atoms with Crippen LogP contribution in [0.1, 0.15) is 37.9 Å². The second kappa shape index (κ2) is 9.74. The molecule has 4 N–H and O–H groups in total. The molecule has 1 aromatic carbocycles. The molecule has 4 rings (SSSR count). The number of nitrogens with zero attached hydrogens (tertiary/aromatic N) is 2. The van der Waals surface area contributed by atoms with Crippen LogP contribution < -0.4 is 15.8 Å². The number of phenolic OH excluding ortho intramolecular Hbond substituents is 1. The van der Waals surface area contributed by atoms with Crippen LogP contribution in [0, 0.1) is 11.8 Å². The maximum atomic E-state index is 10.5. The predicted molar refractivity (Wildman–Crippen MR) is 114 cm³/mol. The van der Waals surface area contributed by atoms with E-state index in [-0.39, 0.29) is 42.6 Å². The Labute approximate surface area is 178 Å². The van der Waals surface area contributed by atoms with Gasteiger partial charge in [-0.05, 0) is 55.8 Å². The Morgan fingerprint density at radius 1 is 1.29 bits per heavy atom. The number of hydrogen-bond donors (Lipinski definition) is 3. The lowest BCUT2D eigenvalue weighted by atomic mass is 9.95. The average molecular weight is 427 g/mol. The van der Waals surface area contributed by atoms with Crippen molar-refractivity contribution >= 4 is 24.8 Å². The number of hydrogen-bond acceptors (Lipinski definition) is 6. The number of benzene rings is 1. The highest BCUT2D eigenvalue weighted by Crippen LogP contribution is 2.41. The first kappa shape index (κ1) is 22.7. The zero-order valence-corrected chi connectivity index (χ0v) is 17.5. The van der Waals surface area contributed by atoms with Crippen LogP contribution in [0.2, 0.25) is 0 Å². The molecular weight excluding hydrogens is 399 g/mol. The molecule has 0 radical (unpaired) electrons. The zero-order chi connectivity index (χ0) is 18.1. The Hall–Kier alpha value is -1.60. The minimum atomic E-state index is -0.143. The molecule has 0 bridgehead atoms. The van der Waals surface area contributed by atoms with Crippen molar-refractivity contribution in [2.24, 2.45) is 17.6 Å². The highest BCUT2D eigenvalue weighted by atomic mass is 35.5. The van der Waals surface area contributed by atoms with E-state index in [4.69, 9.17) is 15.5 Å². The molecule has 2 aromatic rings. The summed E-state index contributed by atoms with van der Waals surface area (Å²) in [5, 5.41) is 13.7. The van der Waals surface area contributed by atoms with Crippen molar-refractivity contribution in [2.75, 3.05) is 13.2 Å². The number of aromatic hydroxyl groups is 1. The summed E-state index contributed by atoms with van der Waals surface area (Å²) in [6, 6.07) is 7.16. The Kier molecular flexibility index (Phi) is 7.89. The van der Waals surface area contributed by atoms with E-state index in [0.29, 0.717) is 35.4 Å². The molecule has 8 heteroatoms. The summed E-state index contributed by atoms with van der Waals surface area (Å²) >= 11 is 0. The number of aromatic nitrogens is 2. The molecule has 4 atom stereocenters. The van der Waals surface area contributed by atoms with Crippen LogP contribution in [0.5, 0.6) is 11.5 Å². The molecule has 1 aliphatic heterocycles. The first-order valence-electron chi connectivity index (χ1n) is 9.40. The Bertz CT molecular complexity index is 793. The molecule has 0 amide bonds. The minimum absolute atomic E-state index is 0. The lowest BCUT2D eigenvalue weighted by molar-refractivity contribution is 0.293. The summed E-state index contributed by atoms with van der Waals surface area (Å²) in [5.41, 5.74) is 7.49. The van der Waals surface area contributed by atoms with Crippen LogP contribution >= 0.6 is 24.8 Å². The van der Waals surface area contributed by atoms with Gasteiger partial charge in [-0.1, -0.05) is 13.0 Å². The fourth-order valence-corrected chi connectivity index (χ4v) is 3.62. The lowest BCUT2D eigenvalue weighted by Gasteiger charge is -2.28. The van der Waals surface area contributed by atoms with Gasteiger partial charge in [0.05, 0.1) is 24.0 Å². The predicted octanol–water partition coefficient (Wildman–Crippen LogP) is 3.48. The summed E-state index contributed by atoms with van der Waals surface area (Å²) in [7, 11) is 0. The fourth-order valence-electron chi connectivity index (χ4n) is 3.62. The van der Waals surface area contributed by atoms with E-state index < -0.39 is 0 Å². The van der Waals surface area contributed by atoms with E-state index in [1.807, 2.05) is 12.1 Å². The van der Waals surface area contributed by atoms with Crippen molar-refractivity contribution in [1.82, 2.24) is 15.3 Å². The molecule has 6 nitrogen and oxygen atoms in total. The number of nitrogens with one attached hydrogen (secondary N) is 1. The highest BCUT2D eigenvalue weighted by molar-refractivity contribution is 5.85. The number of piperidine rings is 1. The number of ether oxygens (including phenoxy) is 1. The monoisotopic (exact) mass is 426 g/mol. The highest BCUT2D eigenvalue weighted by Gasteiger charge is 2.33. The van der Waals surface area contributed by atoms with E-state index >= 15 is 0 Å². The Morgan fingerprint density at radius 2 is 2.07 bits per heavy atom. The first-order valence-corrected chi connectivity index (χ1v) is 9.40. The molecule has 1 saturated carbocycles. The molecule has 1 aromatic heterocycles. The third kappa shape index (κ3) is 4.87. The van der Waals surface area contributed by atoms with Crippen molar-refractivity contribution in [3.8, 4) is 22.8 Å².